The lowest BCUT2D eigenvalue weighted by Gasteiger charge is -2.13. The molecule has 164 valence electrons. The van der Waals surface area contributed by atoms with Crippen LogP contribution in [0.25, 0.3) is 17.3 Å². The number of carbonyl (C=O) groups excluding carboxylic acids is 1. The molecule has 0 aliphatic carbocycles. The molecule has 0 bridgehead atoms. The molecule has 0 atom stereocenters. The fourth-order valence-electron chi connectivity index (χ4n) is 3.18. The number of thioether (sulfide) groups is 1. The topological polar surface area (TPSA) is 82.2 Å². The second-order valence-electron chi connectivity index (χ2n) is 6.81. The molecule has 4 rings (SSSR count). The zero-order valence-corrected chi connectivity index (χ0v) is 18.9. The number of halogens is 1. The van der Waals surface area contributed by atoms with E-state index in [-0.39, 0.29) is 11.7 Å². The average Bonchev–Trinajstić information content (AvgIpc) is 3.47. The van der Waals surface area contributed by atoms with Crippen molar-refractivity contribution in [3.05, 3.63) is 77.5 Å². The highest BCUT2D eigenvalue weighted by atomic mass is 35.5. The Morgan fingerprint density at radius 2 is 2.03 bits per heavy atom. The second-order valence-corrected chi connectivity index (χ2v) is 8.19. The Labute approximate surface area is 194 Å². The number of methoxy groups -OCH3 is 1. The highest BCUT2D eigenvalue weighted by molar-refractivity contribution is 7.99. The lowest BCUT2D eigenvalue weighted by Crippen LogP contribution is -2.27. The van der Waals surface area contributed by atoms with Gasteiger partial charge >= 0.3 is 0 Å². The predicted octanol–water partition coefficient (Wildman–Crippen LogP) is 4.64. The number of furan rings is 1. The molecule has 0 aliphatic rings. The van der Waals surface area contributed by atoms with E-state index < -0.39 is 0 Å². The summed E-state index contributed by atoms with van der Waals surface area (Å²) in [6, 6.07) is 18.8. The van der Waals surface area contributed by atoms with Crippen LogP contribution in [0, 0.1) is 0 Å². The van der Waals surface area contributed by atoms with E-state index in [1.54, 1.807) is 19.4 Å². The van der Waals surface area contributed by atoms with Crippen LogP contribution < -0.4 is 10.1 Å². The number of benzene rings is 2. The number of aromatic nitrogens is 3. The zero-order chi connectivity index (χ0) is 22.3. The van der Waals surface area contributed by atoms with Gasteiger partial charge < -0.3 is 14.5 Å². The van der Waals surface area contributed by atoms with Crippen molar-refractivity contribution >= 4 is 29.3 Å². The quantitative estimate of drug-likeness (QED) is 0.360. The Kier molecular flexibility index (Phi) is 7.14. The van der Waals surface area contributed by atoms with Crippen molar-refractivity contribution in [1.82, 2.24) is 20.1 Å². The van der Waals surface area contributed by atoms with Gasteiger partial charge in [0, 0.05) is 11.6 Å². The number of rotatable bonds is 9. The van der Waals surface area contributed by atoms with Crippen molar-refractivity contribution in [2.75, 3.05) is 19.4 Å². The van der Waals surface area contributed by atoms with Gasteiger partial charge in [-0.2, -0.15) is 0 Å². The molecular formula is C23H21ClN4O3S. The Morgan fingerprint density at radius 3 is 2.81 bits per heavy atom. The number of ether oxygens (including phenoxy) is 1. The molecule has 0 saturated heterocycles. The lowest BCUT2D eigenvalue weighted by molar-refractivity contribution is -0.118. The molecule has 0 spiro atoms. The van der Waals surface area contributed by atoms with Crippen LogP contribution in [0.1, 0.15) is 5.56 Å². The number of carbonyl (C=O) groups is 1. The molecule has 4 aromatic rings. The molecule has 2 aromatic heterocycles. The van der Waals surface area contributed by atoms with Crippen molar-refractivity contribution in [2.45, 2.75) is 11.6 Å². The van der Waals surface area contributed by atoms with Gasteiger partial charge in [0.05, 0.1) is 24.8 Å². The fourth-order valence-corrected chi connectivity index (χ4v) is 4.17. The van der Waals surface area contributed by atoms with Crippen LogP contribution in [0.3, 0.4) is 0 Å². The summed E-state index contributed by atoms with van der Waals surface area (Å²) in [6.07, 6.45) is 2.29. The first-order valence-corrected chi connectivity index (χ1v) is 11.3. The maximum absolute atomic E-state index is 12.4. The smallest absolute Gasteiger partial charge is 0.230 e. The molecule has 1 N–H and O–H groups in total. The Morgan fingerprint density at radius 1 is 1.16 bits per heavy atom. The SMILES string of the molecule is COc1ccccc1-n1c(SCC(=O)NCCc2cccc(Cl)c2)nnc1-c1ccco1. The van der Waals surface area contributed by atoms with Crippen molar-refractivity contribution < 1.29 is 13.9 Å². The number of para-hydroxylation sites is 2. The molecule has 2 aromatic carbocycles. The Hall–Kier alpha value is -3.23. The normalized spacial score (nSPS) is 10.8. The molecule has 2 heterocycles. The molecule has 0 aliphatic heterocycles. The molecule has 0 saturated carbocycles. The van der Waals surface area contributed by atoms with Crippen LogP contribution in [-0.2, 0) is 11.2 Å². The van der Waals surface area contributed by atoms with Crippen LogP contribution in [0.15, 0.2) is 76.5 Å². The summed E-state index contributed by atoms with van der Waals surface area (Å²) in [5, 5.41) is 12.8. The molecule has 1 amide bonds. The summed E-state index contributed by atoms with van der Waals surface area (Å²) >= 11 is 7.30. The van der Waals surface area contributed by atoms with Gasteiger partial charge in [0.25, 0.3) is 0 Å². The summed E-state index contributed by atoms with van der Waals surface area (Å²) < 4.78 is 12.9. The summed E-state index contributed by atoms with van der Waals surface area (Å²) in [4.78, 5) is 12.4. The first kappa shape index (κ1) is 22.0. The highest BCUT2D eigenvalue weighted by Gasteiger charge is 2.21. The van der Waals surface area contributed by atoms with Gasteiger partial charge in [0.15, 0.2) is 10.9 Å². The molecule has 0 fully saturated rings. The summed E-state index contributed by atoms with van der Waals surface area (Å²) in [6.45, 7) is 0.524. The summed E-state index contributed by atoms with van der Waals surface area (Å²) in [5.74, 6) is 1.87. The van der Waals surface area contributed by atoms with Crippen LogP contribution in [0.4, 0.5) is 0 Å². The maximum Gasteiger partial charge on any atom is 0.230 e. The fraction of sp³-hybridized carbons (Fsp3) is 0.174. The van der Waals surface area contributed by atoms with E-state index in [1.165, 1.54) is 11.8 Å². The van der Waals surface area contributed by atoms with Gasteiger partial charge in [-0.1, -0.05) is 47.6 Å². The van der Waals surface area contributed by atoms with E-state index >= 15 is 0 Å². The number of nitrogens with one attached hydrogen (secondary N) is 1. The van der Waals surface area contributed by atoms with Gasteiger partial charge in [0.2, 0.25) is 11.7 Å². The minimum atomic E-state index is -0.0915. The molecule has 7 nitrogen and oxygen atoms in total. The van der Waals surface area contributed by atoms with Crippen molar-refractivity contribution in [2.24, 2.45) is 0 Å². The van der Waals surface area contributed by atoms with Gasteiger partial charge in [-0.05, 0) is 48.4 Å². The Bertz CT molecular complexity index is 1190. The third-order valence-electron chi connectivity index (χ3n) is 4.66. The van der Waals surface area contributed by atoms with E-state index in [0.29, 0.717) is 40.5 Å². The van der Waals surface area contributed by atoms with Gasteiger partial charge in [-0.25, -0.2) is 0 Å². The van der Waals surface area contributed by atoms with E-state index in [4.69, 9.17) is 20.8 Å². The second kappa shape index (κ2) is 10.4. The van der Waals surface area contributed by atoms with Gasteiger partial charge in [-0.15, -0.1) is 10.2 Å². The number of nitrogens with zero attached hydrogens (tertiary/aromatic N) is 3. The van der Waals surface area contributed by atoms with Gasteiger partial charge in [-0.3, -0.25) is 9.36 Å². The zero-order valence-electron chi connectivity index (χ0n) is 17.3. The average molecular weight is 469 g/mol. The highest BCUT2D eigenvalue weighted by Crippen LogP contribution is 2.32. The molecular weight excluding hydrogens is 448 g/mol. The van der Waals surface area contributed by atoms with E-state index in [0.717, 1.165) is 11.3 Å². The standard InChI is InChI=1S/C23H21ClN4O3S/c1-30-19-9-3-2-8-18(19)28-22(20-10-5-13-31-20)26-27-23(28)32-15-21(29)25-12-11-16-6-4-7-17(24)14-16/h2-10,13-14H,11-12,15H2,1H3,(H,25,29). The first-order chi connectivity index (χ1) is 15.7. The van der Waals surface area contributed by atoms with Crippen molar-refractivity contribution in [3.63, 3.8) is 0 Å². The number of amides is 1. The lowest BCUT2D eigenvalue weighted by atomic mass is 10.1. The largest absolute Gasteiger partial charge is 0.495 e. The molecule has 9 heteroatoms. The third kappa shape index (κ3) is 5.15. The van der Waals surface area contributed by atoms with E-state index in [1.807, 2.05) is 59.2 Å². The minimum Gasteiger partial charge on any atom is -0.495 e. The van der Waals surface area contributed by atoms with E-state index in [9.17, 15) is 4.79 Å². The first-order valence-electron chi connectivity index (χ1n) is 9.92. The predicted molar refractivity (Wildman–Crippen MR) is 125 cm³/mol. The third-order valence-corrected chi connectivity index (χ3v) is 5.82. The van der Waals surface area contributed by atoms with Crippen LogP contribution in [0.5, 0.6) is 5.75 Å². The summed E-state index contributed by atoms with van der Waals surface area (Å²) in [7, 11) is 1.61. The van der Waals surface area contributed by atoms with E-state index in [2.05, 4.69) is 15.5 Å². The van der Waals surface area contributed by atoms with Gasteiger partial charge in [0.1, 0.15) is 5.75 Å². The maximum atomic E-state index is 12.4. The van der Waals surface area contributed by atoms with Crippen LogP contribution >= 0.6 is 23.4 Å². The number of hydrogen-bond donors (Lipinski definition) is 1. The van der Waals surface area contributed by atoms with Crippen molar-refractivity contribution in [3.8, 4) is 23.0 Å². The van der Waals surface area contributed by atoms with Crippen LogP contribution in [-0.4, -0.2) is 40.1 Å². The van der Waals surface area contributed by atoms with Crippen molar-refractivity contribution in [1.29, 1.82) is 0 Å². The Balaban J connectivity index is 1.47. The molecule has 0 radical (unpaired) electrons. The monoisotopic (exact) mass is 468 g/mol. The molecule has 32 heavy (non-hydrogen) atoms. The van der Waals surface area contributed by atoms with Crippen LogP contribution in [0.2, 0.25) is 5.02 Å². The summed E-state index contributed by atoms with van der Waals surface area (Å²) in [5.41, 5.74) is 1.83. The minimum absolute atomic E-state index is 0.0915. The number of hydrogen-bond acceptors (Lipinski definition) is 6. The molecule has 0 unspecified atom stereocenters.